The maximum Gasteiger partial charge on any atom is 0.0875 e. The Morgan fingerprint density at radius 3 is 2.57 bits per heavy atom. The smallest absolute Gasteiger partial charge is 0.0875 e. The monoisotopic (exact) mass is 206 g/mol. The van der Waals surface area contributed by atoms with Crippen LogP contribution in [0.5, 0.6) is 0 Å². The van der Waals surface area contributed by atoms with Gasteiger partial charge in [0.1, 0.15) is 0 Å². The Morgan fingerprint density at radius 1 is 1.21 bits per heavy atom. The highest BCUT2D eigenvalue weighted by Gasteiger charge is 2.20. The summed E-state index contributed by atoms with van der Waals surface area (Å²) >= 11 is 1.68. The van der Waals surface area contributed by atoms with Crippen LogP contribution in [0.4, 0.5) is 0 Å². The van der Waals surface area contributed by atoms with Crippen molar-refractivity contribution in [3.8, 4) is 0 Å². The fraction of sp³-hybridized carbons (Fsp3) is 0.455. The number of pyridine rings is 1. The molecule has 74 valence electrons. The number of aromatic nitrogens is 2. The van der Waals surface area contributed by atoms with Gasteiger partial charge >= 0.3 is 0 Å². The van der Waals surface area contributed by atoms with E-state index >= 15 is 0 Å². The Morgan fingerprint density at radius 2 is 1.93 bits per heavy atom. The van der Waals surface area contributed by atoms with Crippen molar-refractivity contribution in [2.45, 2.75) is 33.1 Å². The lowest BCUT2D eigenvalue weighted by Crippen LogP contribution is -2.13. The average molecular weight is 206 g/mol. The molecule has 0 fully saturated rings. The van der Waals surface area contributed by atoms with Crippen molar-refractivity contribution in [1.29, 1.82) is 0 Å². The molecule has 0 radical (unpaired) electrons. The molecule has 0 aliphatic rings. The summed E-state index contributed by atoms with van der Waals surface area (Å²) in [6, 6.07) is 0. The molecule has 0 aliphatic carbocycles. The average Bonchev–Trinajstić information content (AvgIpc) is 2.50. The van der Waals surface area contributed by atoms with Crippen LogP contribution >= 0.6 is 11.3 Å². The van der Waals surface area contributed by atoms with Gasteiger partial charge in [0.05, 0.1) is 21.4 Å². The molecule has 2 heterocycles. The molecular formula is C11H14N2S. The molecule has 0 aromatic carbocycles. The quantitative estimate of drug-likeness (QED) is 0.661. The van der Waals surface area contributed by atoms with Gasteiger partial charge in [0.25, 0.3) is 0 Å². The molecule has 14 heavy (non-hydrogen) atoms. The Balaban J connectivity index is 2.80. The summed E-state index contributed by atoms with van der Waals surface area (Å²) in [5.74, 6) is 0. The fourth-order valence-corrected chi connectivity index (χ4v) is 2.57. The molecule has 0 N–H and O–H groups in total. The number of nitrogens with zero attached hydrogens (tertiary/aromatic N) is 2. The van der Waals surface area contributed by atoms with Crippen LogP contribution in [-0.4, -0.2) is 9.97 Å². The second-order valence-electron chi connectivity index (χ2n) is 4.57. The summed E-state index contributed by atoms with van der Waals surface area (Å²) in [5.41, 5.74) is 5.41. The number of rotatable bonds is 0. The highest BCUT2D eigenvalue weighted by Crippen LogP contribution is 2.31. The van der Waals surface area contributed by atoms with Crippen molar-refractivity contribution in [3.63, 3.8) is 0 Å². The van der Waals surface area contributed by atoms with Crippen LogP contribution in [0.2, 0.25) is 0 Å². The number of hydrogen-bond acceptors (Lipinski definition) is 3. The van der Waals surface area contributed by atoms with Gasteiger partial charge in [-0.25, -0.2) is 4.98 Å². The summed E-state index contributed by atoms with van der Waals surface area (Å²) in [4.78, 5) is 8.89. The number of hydrogen-bond donors (Lipinski definition) is 0. The molecule has 0 atom stereocenters. The molecule has 0 amide bonds. The van der Waals surface area contributed by atoms with Gasteiger partial charge in [-0.1, -0.05) is 20.8 Å². The zero-order valence-electron chi connectivity index (χ0n) is 8.96. The highest BCUT2D eigenvalue weighted by molar-refractivity contribution is 7.17. The van der Waals surface area contributed by atoms with E-state index in [1.54, 1.807) is 11.3 Å². The van der Waals surface area contributed by atoms with Crippen molar-refractivity contribution in [3.05, 3.63) is 23.0 Å². The predicted molar refractivity (Wildman–Crippen MR) is 60.9 cm³/mol. The SMILES string of the molecule is Cc1cnc(C(C)(C)C)c2scnc12. The van der Waals surface area contributed by atoms with E-state index in [-0.39, 0.29) is 5.41 Å². The molecule has 2 rings (SSSR count). The molecule has 2 aromatic heterocycles. The molecule has 0 unspecified atom stereocenters. The molecule has 3 heteroatoms. The number of fused-ring (bicyclic) bond motifs is 1. The third-order valence-corrected chi connectivity index (χ3v) is 3.09. The minimum atomic E-state index is 0.0957. The fourth-order valence-electron chi connectivity index (χ4n) is 1.51. The first-order chi connectivity index (χ1) is 6.50. The van der Waals surface area contributed by atoms with Gasteiger partial charge in [-0.2, -0.15) is 0 Å². The minimum absolute atomic E-state index is 0.0957. The lowest BCUT2D eigenvalue weighted by molar-refractivity contribution is 0.576. The molecule has 0 spiro atoms. The van der Waals surface area contributed by atoms with E-state index in [0.29, 0.717) is 0 Å². The van der Waals surface area contributed by atoms with E-state index < -0.39 is 0 Å². The van der Waals surface area contributed by atoms with Crippen molar-refractivity contribution < 1.29 is 0 Å². The zero-order valence-corrected chi connectivity index (χ0v) is 9.77. The normalized spacial score (nSPS) is 12.3. The van der Waals surface area contributed by atoms with E-state index in [1.165, 1.54) is 4.70 Å². The number of thiazole rings is 1. The first-order valence-corrected chi connectivity index (χ1v) is 5.57. The van der Waals surface area contributed by atoms with E-state index in [1.807, 2.05) is 11.7 Å². The lowest BCUT2D eigenvalue weighted by Gasteiger charge is -2.18. The van der Waals surface area contributed by atoms with Crippen LogP contribution in [0.25, 0.3) is 10.2 Å². The van der Waals surface area contributed by atoms with Gasteiger partial charge in [0, 0.05) is 11.6 Å². The van der Waals surface area contributed by atoms with Gasteiger partial charge in [0.2, 0.25) is 0 Å². The predicted octanol–water partition coefficient (Wildman–Crippen LogP) is 3.30. The Kier molecular flexibility index (Phi) is 2.07. The second kappa shape index (κ2) is 3.02. The van der Waals surface area contributed by atoms with Crippen molar-refractivity contribution in [1.82, 2.24) is 9.97 Å². The summed E-state index contributed by atoms with van der Waals surface area (Å²) in [5, 5.41) is 0. The van der Waals surface area contributed by atoms with Gasteiger partial charge in [-0.3, -0.25) is 4.98 Å². The maximum absolute atomic E-state index is 4.52. The number of aryl methyl sites for hydroxylation is 1. The molecule has 2 nitrogen and oxygen atoms in total. The zero-order chi connectivity index (χ0) is 10.3. The van der Waals surface area contributed by atoms with Gasteiger partial charge in [-0.15, -0.1) is 11.3 Å². The van der Waals surface area contributed by atoms with Gasteiger partial charge in [-0.05, 0) is 12.5 Å². The van der Waals surface area contributed by atoms with E-state index in [2.05, 4.69) is 37.7 Å². The van der Waals surface area contributed by atoms with E-state index in [9.17, 15) is 0 Å². The molecule has 0 saturated heterocycles. The lowest BCUT2D eigenvalue weighted by atomic mass is 9.91. The van der Waals surface area contributed by atoms with Crippen LogP contribution in [0.3, 0.4) is 0 Å². The van der Waals surface area contributed by atoms with E-state index in [4.69, 9.17) is 0 Å². The summed E-state index contributed by atoms with van der Waals surface area (Å²) in [6.45, 7) is 8.61. The third-order valence-electron chi connectivity index (χ3n) is 2.25. The van der Waals surface area contributed by atoms with Crippen molar-refractivity contribution in [2.24, 2.45) is 0 Å². The van der Waals surface area contributed by atoms with Crippen LogP contribution in [0.1, 0.15) is 32.0 Å². The van der Waals surface area contributed by atoms with Crippen LogP contribution in [0, 0.1) is 6.92 Å². The van der Waals surface area contributed by atoms with Crippen molar-refractivity contribution >= 4 is 21.6 Å². The molecule has 0 bridgehead atoms. The highest BCUT2D eigenvalue weighted by atomic mass is 32.1. The summed E-state index contributed by atoms with van der Waals surface area (Å²) in [7, 11) is 0. The summed E-state index contributed by atoms with van der Waals surface area (Å²) in [6.07, 6.45) is 1.92. The Labute approximate surface area is 88.0 Å². The van der Waals surface area contributed by atoms with Crippen LogP contribution in [-0.2, 0) is 5.41 Å². The second-order valence-corrected chi connectivity index (χ2v) is 5.42. The minimum Gasteiger partial charge on any atom is -0.259 e. The largest absolute Gasteiger partial charge is 0.259 e. The van der Waals surface area contributed by atoms with Crippen LogP contribution < -0.4 is 0 Å². The molecule has 2 aromatic rings. The third kappa shape index (κ3) is 1.42. The topological polar surface area (TPSA) is 25.8 Å². The Bertz CT molecular complexity index is 466. The van der Waals surface area contributed by atoms with E-state index in [0.717, 1.165) is 16.8 Å². The van der Waals surface area contributed by atoms with Gasteiger partial charge in [0.15, 0.2) is 0 Å². The standard InChI is InChI=1S/C11H14N2S/c1-7-5-12-10(11(2,3)4)9-8(7)13-6-14-9/h5-6H,1-4H3. The Hall–Kier alpha value is -0.960. The molecular weight excluding hydrogens is 192 g/mol. The van der Waals surface area contributed by atoms with Gasteiger partial charge < -0.3 is 0 Å². The molecule has 0 saturated carbocycles. The first kappa shape index (κ1) is 9.59. The van der Waals surface area contributed by atoms with Crippen molar-refractivity contribution in [2.75, 3.05) is 0 Å². The summed E-state index contributed by atoms with van der Waals surface area (Å²) < 4.78 is 1.23. The van der Waals surface area contributed by atoms with Crippen LogP contribution in [0.15, 0.2) is 11.7 Å². The maximum atomic E-state index is 4.52. The molecule has 0 aliphatic heterocycles. The first-order valence-electron chi connectivity index (χ1n) is 4.69.